The van der Waals surface area contributed by atoms with Gasteiger partial charge in [-0.15, -0.1) is 0 Å². The highest BCUT2D eigenvalue weighted by Gasteiger charge is 2.35. The highest BCUT2D eigenvalue weighted by Crippen LogP contribution is 2.32. The van der Waals surface area contributed by atoms with Gasteiger partial charge in [-0.05, 0) is 43.5 Å². The van der Waals surface area contributed by atoms with E-state index in [2.05, 4.69) is 0 Å². The molecule has 3 rings (SSSR count). The molecule has 0 saturated carbocycles. The van der Waals surface area contributed by atoms with E-state index in [-0.39, 0.29) is 6.54 Å². The molecule has 1 aromatic rings. The van der Waals surface area contributed by atoms with Crippen LogP contribution in [0, 0.1) is 5.82 Å². The van der Waals surface area contributed by atoms with Gasteiger partial charge in [0.15, 0.2) is 0 Å². The van der Waals surface area contributed by atoms with E-state index in [9.17, 15) is 26.0 Å². The van der Waals surface area contributed by atoms with Crippen molar-refractivity contribution in [3.63, 3.8) is 0 Å². The maximum atomic E-state index is 13.5. The third-order valence-corrected chi connectivity index (χ3v) is 7.29. The molecule has 0 amide bonds. The summed E-state index contributed by atoms with van der Waals surface area (Å²) in [6, 6.07) is 3.02. The Kier molecular flexibility index (Phi) is 6.63. The van der Waals surface area contributed by atoms with Crippen LogP contribution in [-0.2, 0) is 22.9 Å². The fourth-order valence-corrected chi connectivity index (χ4v) is 5.46. The van der Waals surface area contributed by atoms with Crippen LogP contribution in [0.5, 0.6) is 0 Å². The third kappa shape index (κ3) is 5.03. The highest BCUT2D eigenvalue weighted by atomic mass is 32.2. The molecule has 0 bridgehead atoms. The van der Waals surface area contributed by atoms with Crippen molar-refractivity contribution in [1.82, 2.24) is 13.5 Å². The van der Waals surface area contributed by atoms with Gasteiger partial charge in [0, 0.05) is 39.3 Å². The SMILES string of the molecule is O=S(=O)(N1CCCCC1)N1CCCN(Cc2ccc(F)c(C(F)(F)F)c2)CC1. The molecule has 0 spiro atoms. The van der Waals surface area contributed by atoms with Crippen molar-refractivity contribution in [1.29, 1.82) is 0 Å². The normalized spacial score (nSPS) is 21.6. The van der Waals surface area contributed by atoms with Crippen LogP contribution in [0.1, 0.15) is 36.8 Å². The van der Waals surface area contributed by atoms with Crippen molar-refractivity contribution in [2.75, 3.05) is 39.3 Å². The summed E-state index contributed by atoms with van der Waals surface area (Å²) >= 11 is 0. The average Bonchev–Trinajstić information content (AvgIpc) is 2.89. The van der Waals surface area contributed by atoms with Gasteiger partial charge in [0.05, 0.1) is 5.56 Å². The summed E-state index contributed by atoms with van der Waals surface area (Å²) in [5, 5.41) is 0. The summed E-state index contributed by atoms with van der Waals surface area (Å²) in [7, 11) is -3.49. The lowest BCUT2D eigenvalue weighted by atomic mass is 10.1. The van der Waals surface area contributed by atoms with Gasteiger partial charge < -0.3 is 0 Å². The van der Waals surface area contributed by atoms with Gasteiger partial charge in [-0.2, -0.15) is 30.2 Å². The lowest BCUT2D eigenvalue weighted by Crippen LogP contribution is -2.47. The van der Waals surface area contributed by atoms with E-state index < -0.39 is 27.8 Å². The quantitative estimate of drug-likeness (QED) is 0.700. The molecule has 2 fully saturated rings. The summed E-state index contributed by atoms with van der Waals surface area (Å²) in [6.45, 7) is 2.99. The van der Waals surface area contributed by atoms with Crippen LogP contribution in [-0.4, -0.2) is 61.2 Å². The zero-order chi connectivity index (χ0) is 20.4. The number of rotatable bonds is 4. The fourth-order valence-electron chi connectivity index (χ4n) is 3.74. The first kappa shape index (κ1) is 21.5. The molecule has 0 N–H and O–H groups in total. The van der Waals surface area contributed by atoms with Crippen molar-refractivity contribution in [2.24, 2.45) is 0 Å². The number of nitrogens with zero attached hydrogens (tertiary/aromatic N) is 3. The Morgan fingerprint density at radius 1 is 0.857 bits per heavy atom. The molecule has 0 radical (unpaired) electrons. The molecule has 28 heavy (non-hydrogen) atoms. The minimum absolute atomic E-state index is 0.223. The van der Waals surface area contributed by atoms with Crippen LogP contribution >= 0.6 is 0 Å². The van der Waals surface area contributed by atoms with Crippen molar-refractivity contribution in [2.45, 2.75) is 38.4 Å². The molecule has 0 unspecified atom stereocenters. The van der Waals surface area contributed by atoms with Gasteiger partial charge in [-0.25, -0.2) is 4.39 Å². The Morgan fingerprint density at radius 3 is 2.18 bits per heavy atom. The van der Waals surface area contributed by atoms with Crippen molar-refractivity contribution in [3.8, 4) is 0 Å². The molecule has 2 heterocycles. The Labute approximate surface area is 163 Å². The molecule has 0 atom stereocenters. The summed E-state index contributed by atoms with van der Waals surface area (Å²) in [5.41, 5.74) is -0.907. The van der Waals surface area contributed by atoms with E-state index in [4.69, 9.17) is 0 Å². The Bertz CT molecular complexity index is 780. The fraction of sp³-hybridized carbons (Fsp3) is 0.667. The monoisotopic (exact) mass is 423 g/mol. The smallest absolute Gasteiger partial charge is 0.298 e. The minimum Gasteiger partial charge on any atom is -0.298 e. The first-order valence-electron chi connectivity index (χ1n) is 9.51. The molecule has 0 aliphatic carbocycles. The molecule has 158 valence electrons. The average molecular weight is 423 g/mol. The third-order valence-electron chi connectivity index (χ3n) is 5.26. The van der Waals surface area contributed by atoms with Crippen LogP contribution < -0.4 is 0 Å². The molecular formula is C18H25F4N3O2S. The molecule has 0 aromatic heterocycles. The van der Waals surface area contributed by atoms with Gasteiger partial charge in [0.1, 0.15) is 5.82 Å². The lowest BCUT2D eigenvalue weighted by Gasteiger charge is -2.31. The van der Waals surface area contributed by atoms with E-state index in [1.54, 1.807) is 0 Å². The topological polar surface area (TPSA) is 43.9 Å². The van der Waals surface area contributed by atoms with Crippen LogP contribution in [0.2, 0.25) is 0 Å². The highest BCUT2D eigenvalue weighted by molar-refractivity contribution is 7.86. The van der Waals surface area contributed by atoms with Crippen LogP contribution in [0.3, 0.4) is 0 Å². The van der Waals surface area contributed by atoms with E-state index >= 15 is 0 Å². The van der Waals surface area contributed by atoms with Crippen LogP contribution in [0.15, 0.2) is 18.2 Å². The number of benzene rings is 1. The summed E-state index contributed by atoms with van der Waals surface area (Å²) in [4.78, 5) is 1.92. The second-order valence-corrected chi connectivity index (χ2v) is 9.24. The van der Waals surface area contributed by atoms with E-state index in [1.807, 2.05) is 4.90 Å². The Morgan fingerprint density at radius 2 is 1.50 bits per heavy atom. The molecule has 1 aromatic carbocycles. The second kappa shape index (κ2) is 8.64. The summed E-state index contributed by atoms with van der Waals surface area (Å²) < 4.78 is 80.8. The van der Waals surface area contributed by atoms with Crippen molar-refractivity contribution >= 4 is 10.2 Å². The zero-order valence-corrected chi connectivity index (χ0v) is 16.4. The van der Waals surface area contributed by atoms with Gasteiger partial charge >= 0.3 is 6.18 Å². The van der Waals surface area contributed by atoms with Crippen molar-refractivity contribution in [3.05, 3.63) is 35.1 Å². The van der Waals surface area contributed by atoms with Gasteiger partial charge in [0.2, 0.25) is 0 Å². The molecule has 2 aliphatic rings. The standard InChI is InChI=1S/C18H25F4N3O2S/c19-17-6-5-15(13-16(17)18(20,21)22)14-23-7-4-10-25(12-11-23)28(26,27)24-8-2-1-3-9-24/h5-6,13H,1-4,7-12,14H2. The molecule has 5 nitrogen and oxygen atoms in total. The lowest BCUT2D eigenvalue weighted by molar-refractivity contribution is -0.140. The van der Waals surface area contributed by atoms with Gasteiger partial charge in [0.25, 0.3) is 10.2 Å². The number of hydrogen-bond donors (Lipinski definition) is 0. The van der Waals surface area contributed by atoms with Gasteiger partial charge in [-0.1, -0.05) is 12.5 Å². The number of halogens is 4. The predicted octanol–water partition coefficient (Wildman–Crippen LogP) is 3.08. The predicted molar refractivity (Wildman–Crippen MR) is 97.2 cm³/mol. The van der Waals surface area contributed by atoms with Gasteiger partial charge in [-0.3, -0.25) is 4.90 Å². The van der Waals surface area contributed by atoms with Crippen LogP contribution in [0.25, 0.3) is 0 Å². The minimum atomic E-state index is -4.74. The largest absolute Gasteiger partial charge is 0.419 e. The Hall–Kier alpha value is -1.23. The molecule has 10 heteroatoms. The Balaban J connectivity index is 1.64. The second-order valence-electron chi connectivity index (χ2n) is 7.31. The number of piperidine rings is 1. The molecule has 2 aliphatic heterocycles. The van der Waals surface area contributed by atoms with E-state index in [0.717, 1.165) is 31.4 Å². The van der Waals surface area contributed by atoms with Crippen molar-refractivity contribution < 1.29 is 26.0 Å². The first-order chi connectivity index (χ1) is 13.2. The molecule has 2 saturated heterocycles. The summed E-state index contributed by atoms with van der Waals surface area (Å²) in [5.74, 6) is -1.29. The zero-order valence-electron chi connectivity index (χ0n) is 15.6. The maximum Gasteiger partial charge on any atom is 0.419 e. The maximum absolute atomic E-state index is 13.5. The first-order valence-corrected chi connectivity index (χ1v) is 10.9. The van der Waals surface area contributed by atoms with Crippen LogP contribution in [0.4, 0.5) is 17.6 Å². The number of hydrogen-bond acceptors (Lipinski definition) is 3. The van der Waals surface area contributed by atoms with E-state index in [0.29, 0.717) is 51.3 Å². The number of alkyl halides is 3. The summed E-state index contributed by atoms with van der Waals surface area (Å²) in [6.07, 6.45) is -1.37. The molecular weight excluding hydrogens is 398 g/mol. The van der Waals surface area contributed by atoms with E-state index in [1.165, 1.54) is 14.7 Å².